The van der Waals surface area contributed by atoms with Gasteiger partial charge < -0.3 is 16.2 Å². The minimum absolute atomic E-state index is 0.155. The number of nitrogens with two attached hydrogens (primary N) is 1. The van der Waals surface area contributed by atoms with Crippen LogP contribution in [0.5, 0.6) is 5.75 Å². The van der Waals surface area contributed by atoms with Crippen LogP contribution in [-0.2, 0) is 0 Å². The summed E-state index contributed by atoms with van der Waals surface area (Å²) in [5.74, 6) is -0.499. The first-order valence-electron chi connectivity index (χ1n) is 5.92. The molecule has 0 saturated heterocycles. The second-order valence-electron chi connectivity index (χ2n) is 4.35. The van der Waals surface area contributed by atoms with Gasteiger partial charge in [-0.15, -0.1) is 11.3 Å². The van der Waals surface area contributed by atoms with E-state index in [1.54, 1.807) is 25.1 Å². The van der Waals surface area contributed by atoms with Crippen molar-refractivity contribution in [2.75, 3.05) is 5.32 Å². The van der Waals surface area contributed by atoms with Crippen LogP contribution in [0.25, 0.3) is 0 Å². The molecule has 0 spiro atoms. The molecule has 7 heteroatoms. The van der Waals surface area contributed by atoms with Crippen LogP contribution in [0.2, 0.25) is 5.02 Å². The zero-order valence-electron chi connectivity index (χ0n) is 11.0. The molecule has 0 aliphatic heterocycles. The molecule has 0 saturated carbocycles. The number of nitrogens with zero attached hydrogens (tertiary/aromatic N) is 1. The fourth-order valence-electron chi connectivity index (χ4n) is 1.62. The van der Waals surface area contributed by atoms with Gasteiger partial charge in [-0.1, -0.05) is 17.7 Å². The van der Waals surface area contributed by atoms with Gasteiger partial charge >= 0.3 is 0 Å². The molecule has 106 valence electrons. The number of halogens is 1. The van der Waals surface area contributed by atoms with Gasteiger partial charge in [-0.25, -0.2) is 4.98 Å². The molecule has 20 heavy (non-hydrogen) atoms. The Kier molecular flexibility index (Phi) is 4.27. The number of carbonyl (C=O) groups is 1. The summed E-state index contributed by atoms with van der Waals surface area (Å²) in [5, 5.41) is 13.3. The van der Waals surface area contributed by atoms with Crippen molar-refractivity contribution in [3.05, 3.63) is 38.8 Å². The van der Waals surface area contributed by atoms with Crippen LogP contribution in [0.3, 0.4) is 0 Å². The van der Waals surface area contributed by atoms with Crippen molar-refractivity contribution in [3.63, 3.8) is 0 Å². The number of phenols is 1. The second-order valence-corrected chi connectivity index (χ2v) is 5.78. The predicted octanol–water partition coefficient (Wildman–Crippen LogP) is 3.08. The van der Waals surface area contributed by atoms with Gasteiger partial charge in [0, 0.05) is 0 Å². The van der Waals surface area contributed by atoms with Gasteiger partial charge in [0.2, 0.25) is 0 Å². The number of nitrogens with one attached hydrogen (secondary N) is 1. The third-order valence-corrected chi connectivity index (χ3v) is 4.31. The smallest absolute Gasteiger partial charge is 0.267 e. The maximum Gasteiger partial charge on any atom is 0.267 e. The maximum atomic E-state index is 12.2. The number of thiazole rings is 1. The summed E-state index contributed by atoms with van der Waals surface area (Å²) in [6.07, 6.45) is 0. The second kappa shape index (κ2) is 5.78. The first kappa shape index (κ1) is 14.8. The van der Waals surface area contributed by atoms with E-state index in [0.717, 1.165) is 0 Å². The first-order chi connectivity index (χ1) is 9.40. The number of anilines is 1. The normalized spacial score (nSPS) is 12.2. The quantitative estimate of drug-likeness (QED) is 0.760. The van der Waals surface area contributed by atoms with E-state index in [4.69, 9.17) is 17.3 Å². The van der Waals surface area contributed by atoms with Gasteiger partial charge in [0.25, 0.3) is 5.91 Å². The molecule has 4 N–H and O–H groups in total. The van der Waals surface area contributed by atoms with Gasteiger partial charge in [0.05, 0.1) is 22.4 Å². The van der Waals surface area contributed by atoms with Gasteiger partial charge in [-0.2, -0.15) is 0 Å². The van der Waals surface area contributed by atoms with Crippen molar-refractivity contribution in [1.82, 2.24) is 4.98 Å². The maximum absolute atomic E-state index is 12.2. The number of hydrogen-bond donors (Lipinski definition) is 3. The van der Waals surface area contributed by atoms with E-state index in [0.29, 0.717) is 15.6 Å². The van der Waals surface area contributed by atoms with E-state index in [-0.39, 0.29) is 28.4 Å². The Morgan fingerprint density at radius 2 is 2.25 bits per heavy atom. The van der Waals surface area contributed by atoms with Crippen molar-refractivity contribution in [2.45, 2.75) is 19.9 Å². The molecule has 0 radical (unpaired) electrons. The van der Waals surface area contributed by atoms with E-state index in [2.05, 4.69) is 10.3 Å². The summed E-state index contributed by atoms with van der Waals surface area (Å²) in [5.41, 5.74) is 6.63. The van der Waals surface area contributed by atoms with Crippen LogP contribution in [0.4, 0.5) is 5.69 Å². The Morgan fingerprint density at radius 1 is 1.55 bits per heavy atom. The van der Waals surface area contributed by atoms with Crippen LogP contribution in [0.1, 0.15) is 33.3 Å². The lowest BCUT2D eigenvalue weighted by molar-refractivity contribution is 0.102. The first-order valence-corrected chi connectivity index (χ1v) is 7.11. The molecular formula is C13H14ClN3O2S. The van der Waals surface area contributed by atoms with Crippen LogP contribution in [0, 0.1) is 6.92 Å². The molecule has 5 nitrogen and oxygen atoms in total. The van der Waals surface area contributed by atoms with Gasteiger partial charge in [-0.3, -0.25) is 4.79 Å². The highest BCUT2D eigenvalue weighted by Gasteiger charge is 2.18. The van der Waals surface area contributed by atoms with E-state index >= 15 is 0 Å². The van der Waals surface area contributed by atoms with Crippen LogP contribution >= 0.6 is 22.9 Å². The molecule has 0 bridgehead atoms. The van der Waals surface area contributed by atoms with Gasteiger partial charge in [0.15, 0.2) is 5.75 Å². The molecule has 0 fully saturated rings. The van der Waals surface area contributed by atoms with E-state index < -0.39 is 0 Å². The van der Waals surface area contributed by atoms with Crippen molar-refractivity contribution >= 4 is 34.5 Å². The number of aromatic hydroxyl groups is 1. The Bertz CT molecular complexity index is 655. The Morgan fingerprint density at radius 3 is 2.85 bits per heavy atom. The molecule has 1 unspecified atom stereocenters. The Balaban J connectivity index is 2.26. The minimum Gasteiger partial charge on any atom is -0.504 e. The number of rotatable bonds is 3. The molecular weight excluding hydrogens is 298 g/mol. The van der Waals surface area contributed by atoms with Gasteiger partial charge in [0.1, 0.15) is 9.88 Å². The molecule has 0 aliphatic carbocycles. The third kappa shape index (κ3) is 2.92. The number of carbonyl (C=O) groups excluding carboxylic acids is 1. The summed E-state index contributed by atoms with van der Waals surface area (Å²) in [6.45, 7) is 3.55. The molecule has 1 aromatic heterocycles. The number of aryl methyl sites for hydroxylation is 1. The SMILES string of the molecule is Cc1nc(C(C)N)sc1C(=O)Nc1cccc(Cl)c1O. The summed E-state index contributed by atoms with van der Waals surface area (Å²) in [4.78, 5) is 16.9. The van der Waals surface area contributed by atoms with Crippen LogP contribution < -0.4 is 11.1 Å². The number of amides is 1. The topological polar surface area (TPSA) is 88.2 Å². The van der Waals surface area contributed by atoms with Crippen molar-refractivity contribution in [1.29, 1.82) is 0 Å². The number of para-hydroxylation sites is 1. The van der Waals surface area contributed by atoms with Crippen molar-refractivity contribution < 1.29 is 9.90 Å². The van der Waals surface area contributed by atoms with Crippen LogP contribution in [-0.4, -0.2) is 16.0 Å². The minimum atomic E-state index is -0.343. The van der Waals surface area contributed by atoms with E-state index in [9.17, 15) is 9.90 Å². The average Bonchev–Trinajstić information content (AvgIpc) is 2.77. The molecule has 2 rings (SSSR count). The monoisotopic (exact) mass is 311 g/mol. The van der Waals surface area contributed by atoms with E-state index in [1.165, 1.54) is 11.3 Å². The van der Waals surface area contributed by atoms with Crippen molar-refractivity contribution in [2.24, 2.45) is 5.73 Å². The lowest BCUT2D eigenvalue weighted by atomic mass is 10.2. The Labute approximate surface area is 125 Å². The van der Waals surface area contributed by atoms with E-state index in [1.807, 2.05) is 6.92 Å². The molecule has 1 heterocycles. The largest absolute Gasteiger partial charge is 0.504 e. The lowest BCUT2D eigenvalue weighted by Gasteiger charge is -2.07. The summed E-state index contributed by atoms with van der Waals surface area (Å²) in [7, 11) is 0. The molecule has 1 atom stereocenters. The number of phenolic OH excluding ortho intramolecular Hbond substituents is 1. The van der Waals surface area contributed by atoms with Crippen LogP contribution in [0.15, 0.2) is 18.2 Å². The predicted molar refractivity (Wildman–Crippen MR) is 80.5 cm³/mol. The summed E-state index contributed by atoms with van der Waals surface area (Å²) in [6, 6.07) is 4.53. The highest BCUT2D eigenvalue weighted by atomic mass is 35.5. The van der Waals surface area contributed by atoms with Gasteiger partial charge in [-0.05, 0) is 26.0 Å². The summed E-state index contributed by atoms with van der Waals surface area (Å²) >= 11 is 7.03. The zero-order chi connectivity index (χ0) is 14.9. The molecule has 1 amide bonds. The number of hydrogen-bond acceptors (Lipinski definition) is 5. The highest BCUT2D eigenvalue weighted by molar-refractivity contribution is 7.14. The number of benzene rings is 1. The third-order valence-electron chi connectivity index (χ3n) is 2.64. The number of aromatic nitrogens is 1. The standard InChI is InChI=1S/C13H14ClN3O2S/c1-6(15)13-16-7(2)11(20-13)12(19)17-9-5-3-4-8(14)10(9)18/h3-6,18H,15H2,1-2H3,(H,17,19). The Hall–Kier alpha value is -1.63. The van der Waals surface area contributed by atoms with Crippen molar-refractivity contribution in [3.8, 4) is 5.75 Å². The molecule has 1 aromatic carbocycles. The molecule has 2 aromatic rings. The molecule has 0 aliphatic rings. The lowest BCUT2D eigenvalue weighted by Crippen LogP contribution is -2.11. The average molecular weight is 312 g/mol. The fourth-order valence-corrected chi connectivity index (χ4v) is 2.71. The fraction of sp³-hybridized carbons (Fsp3) is 0.231. The summed E-state index contributed by atoms with van der Waals surface area (Å²) < 4.78 is 0. The zero-order valence-corrected chi connectivity index (χ0v) is 12.5. The highest BCUT2D eigenvalue weighted by Crippen LogP contribution is 2.32.